The number of amides is 1. The van der Waals surface area contributed by atoms with Crippen LogP contribution in [-0.2, 0) is 11.2 Å². The van der Waals surface area contributed by atoms with Crippen molar-refractivity contribution in [3.8, 4) is 6.07 Å². The van der Waals surface area contributed by atoms with E-state index in [0.29, 0.717) is 5.16 Å². The lowest BCUT2D eigenvalue weighted by atomic mass is 9.98. The predicted molar refractivity (Wildman–Crippen MR) is 84.5 cm³/mol. The van der Waals surface area contributed by atoms with Crippen LogP contribution in [0.5, 0.6) is 0 Å². The fraction of sp³-hybridized carbons (Fsp3) is 0.600. The van der Waals surface area contributed by atoms with Crippen LogP contribution >= 0.6 is 11.8 Å². The third-order valence-corrected chi connectivity index (χ3v) is 4.52. The number of aromatic nitrogens is 2. The van der Waals surface area contributed by atoms with E-state index in [4.69, 9.17) is 0 Å². The van der Waals surface area contributed by atoms with Crippen LogP contribution in [0.15, 0.2) is 16.0 Å². The number of rotatable bonds is 7. The summed E-state index contributed by atoms with van der Waals surface area (Å²) in [6.45, 7) is 3.78. The van der Waals surface area contributed by atoms with Gasteiger partial charge in [0.05, 0.1) is 11.8 Å². The van der Waals surface area contributed by atoms with Crippen molar-refractivity contribution in [3.05, 3.63) is 22.1 Å². The highest BCUT2D eigenvalue weighted by Crippen LogP contribution is 2.39. The summed E-state index contributed by atoms with van der Waals surface area (Å²) in [7, 11) is 0. The van der Waals surface area contributed by atoms with E-state index in [1.165, 1.54) is 17.8 Å². The summed E-state index contributed by atoms with van der Waals surface area (Å²) in [6, 6.07) is 3.67. The highest BCUT2D eigenvalue weighted by Gasteiger charge is 2.42. The molecule has 6 nitrogen and oxygen atoms in total. The Balaban J connectivity index is 1.93. The molecule has 1 fully saturated rings. The average Bonchev–Trinajstić information content (AvgIpc) is 3.30. The summed E-state index contributed by atoms with van der Waals surface area (Å²) in [5.74, 6) is 0.157. The number of H-pyrrole nitrogens is 1. The molecular formula is C15H20N4O2S. The summed E-state index contributed by atoms with van der Waals surface area (Å²) in [6.07, 6.45) is 3.59. The van der Waals surface area contributed by atoms with Crippen molar-refractivity contribution >= 4 is 17.7 Å². The van der Waals surface area contributed by atoms with Gasteiger partial charge < -0.3 is 10.3 Å². The zero-order valence-corrected chi connectivity index (χ0v) is 13.6. The molecule has 1 saturated carbocycles. The van der Waals surface area contributed by atoms with Gasteiger partial charge in [-0.1, -0.05) is 25.1 Å². The van der Waals surface area contributed by atoms with Gasteiger partial charge in [-0.2, -0.15) is 5.26 Å². The van der Waals surface area contributed by atoms with Crippen LogP contribution in [0.3, 0.4) is 0 Å². The molecule has 0 bridgehead atoms. The van der Waals surface area contributed by atoms with E-state index in [9.17, 15) is 14.9 Å². The van der Waals surface area contributed by atoms with Gasteiger partial charge in [0.2, 0.25) is 5.91 Å². The number of hydrogen-bond acceptors (Lipinski definition) is 5. The average molecular weight is 320 g/mol. The van der Waals surface area contributed by atoms with Crippen molar-refractivity contribution in [3.63, 3.8) is 0 Å². The molecule has 1 aromatic heterocycles. The van der Waals surface area contributed by atoms with Crippen LogP contribution in [0.1, 0.15) is 38.8 Å². The van der Waals surface area contributed by atoms with Gasteiger partial charge in [0.1, 0.15) is 5.54 Å². The maximum Gasteiger partial charge on any atom is 0.251 e. The molecular weight excluding hydrogens is 300 g/mol. The van der Waals surface area contributed by atoms with Crippen LogP contribution in [0.25, 0.3) is 0 Å². The molecule has 0 spiro atoms. The standard InChI is InChI=1S/C15H20N4O2S/c1-3-4-11-7-12(20)18-14(17-11)22-8-13(21)19-15(2,9-16)10-5-6-10/h7,10H,3-6,8H2,1-2H3,(H,19,21)(H,17,18,20). The van der Waals surface area contributed by atoms with Gasteiger partial charge in [-0.3, -0.25) is 9.59 Å². The van der Waals surface area contributed by atoms with Gasteiger partial charge in [0.15, 0.2) is 5.16 Å². The summed E-state index contributed by atoms with van der Waals surface area (Å²) < 4.78 is 0. The number of carbonyl (C=O) groups excluding carboxylic acids is 1. The normalized spacial score (nSPS) is 16.6. The van der Waals surface area contributed by atoms with Crippen LogP contribution < -0.4 is 10.9 Å². The second-order valence-electron chi connectivity index (χ2n) is 5.72. The SMILES string of the molecule is CCCc1cc(=O)[nH]c(SCC(=O)NC(C)(C#N)C2CC2)n1. The lowest BCUT2D eigenvalue weighted by molar-refractivity contribution is -0.119. The first-order valence-electron chi connectivity index (χ1n) is 7.42. The van der Waals surface area contributed by atoms with Crippen molar-refractivity contribution in [2.24, 2.45) is 5.92 Å². The van der Waals surface area contributed by atoms with E-state index in [-0.39, 0.29) is 23.1 Å². The molecule has 0 aliphatic heterocycles. The highest BCUT2D eigenvalue weighted by molar-refractivity contribution is 7.99. The number of carbonyl (C=O) groups is 1. The highest BCUT2D eigenvalue weighted by atomic mass is 32.2. The van der Waals surface area contributed by atoms with Gasteiger partial charge in [-0.05, 0) is 32.1 Å². The van der Waals surface area contributed by atoms with E-state index >= 15 is 0 Å². The number of nitrogens with zero attached hydrogens (tertiary/aromatic N) is 2. The predicted octanol–water partition coefficient (Wildman–Crippen LogP) is 1.62. The third kappa shape index (κ3) is 4.34. The molecule has 0 radical (unpaired) electrons. The lowest BCUT2D eigenvalue weighted by Gasteiger charge is -2.22. The number of aryl methyl sites for hydroxylation is 1. The fourth-order valence-corrected chi connectivity index (χ4v) is 2.97. The van der Waals surface area contributed by atoms with E-state index < -0.39 is 5.54 Å². The van der Waals surface area contributed by atoms with Gasteiger partial charge in [-0.25, -0.2) is 4.98 Å². The first-order chi connectivity index (χ1) is 10.5. The summed E-state index contributed by atoms with van der Waals surface area (Å²) in [5, 5.41) is 12.5. The van der Waals surface area contributed by atoms with Gasteiger partial charge in [0.25, 0.3) is 5.56 Å². The van der Waals surface area contributed by atoms with Crippen molar-refractivity contribution in [2.45, 2.75) is 50.2 Å². The number of hydrogen-bond donors (Lipinski definition) is 2. The first kappa shape index (κ1) is 16.6. The molecule has 22 heavy (non-hydrogen) atoms. The Morgan fingerprint density at radius 3 is 2.95 bits per heavy atom. The molecule has 1 atom stereocenters. The zero-order chi connectivity index (χ0) is 16.2. The van der Waals surface area contributed by atoms with Crippen LogP contribution in [0.4, 0.5) is 0 Å². The minimum Gasteiger partial charge on any atom is -0.337 e. The molecule has 1 unspecified atom stereocenters. The first-order valence-corrected chi connectivity index (χ1v) is 8.40. The van der Waals surface area contributed by atoms with Crippen molar-refractivity contribution in [1.82, 2.24) is 15.3 Å². The van der Waals surface area contributed by atoms with Gasteiger partial charge in [-0.15, -0.1) is 0 Å². The number of nitriles is 1. The second-order valence-corrected chi connectivity index (χ2v) is 6.68. The molecule has 2 N–H and O–H groups in total. The molecule has 7 heteroatoms. The topological polar surface area (TPSA) is 98.6 Å². The third-order valence-electron chi connectivity index (χ3n) is 3.64. The van der Waals surface area contributed by atoms with E-state index in [2.05, 4.69) is 21.4 Å². The van der Waals surface area contributed by atoms with Gasteiger partial charge >= 0.3 is 0 Å². The van der Waals surface area contributed by atoms with Crippen molar-refractivity contribution < 1.29 is 4.79 Å². The smallest absolute Gasteiger partial charge is 0.251 e. The summed E-state index contributed by atoms with van der Waals surface area (Å²) >= 11 is 1.18. The van der Waals surface area contributed by atoms with Crippen molar-refractivity contribution in [1.29, 1.82) is 5.26 Å². The Hall–Kier alpha value is -1.81. The second kappa shape index (κ2) is 6.97. The number of thioether (sulfide) groups is 1. The largest absolute Gasteiger partial charge is 0.337 e. The van der Waals surface area contributed by atoms with E-state index in [1.807, 2.05) is 6.92 Å². The molecule has 1 heterocycles. The fourth-order valence-electron chi connectivity index (χ4n) is 2.28. The molecule has 1 aromatic rings. The maximum atomic E-state index is 12.0. The minimum atomic E-state index is -0.789. The Morgan fingerprint density at radius 2 is 2.36 bits per heavy atom. The molecule has 2 rings (SSSR count). The van der Waals surface area contributed by atoms with Crippen LogP contribution in [0.2, 0.25) is 0 Å². The van der Waals surface area contributed by atoms with Crippen LogP contribution in [-0.4, -0.2) is 27.2 Å². The van der Waals surface area contributed by atoms with E-state index in [1.54, 1.807) is 6.92 Å². The maximum absolute atomic E-state index is 12.0. The molecule has 0 saturated heterocycles. The van der Waals surface area contributed by atoms with E-state index in [0.717, 1.165) is 31.4 Å². The van der Waals surface area contributed by atoms with Gasteiger partial charge in [0, 0.05) is 11.8 Å². The Morgan fingerprint density at radius 1 is 1.64 bits per heavy atom. The van der Waals surface area contributed by atoms with Crippen LogP contribution in [0, 0.1) is 17.2 Å². The Labute approximate surface area is 133 Å². The number of aromatic amines is 1. The molecule has 0 aromatic carbocycles. The Kier molecular flexibility index (Phi) is 5.24. The van der Waals surface area contributed by atoms with Crippen molar-refractivity contribution in [2.75, 3.05) is 5.75 Å². The summed E-state index contributed by atoms with van der Waals surface area (Å²) in [4.78, 5) is 30.5. The monoisotopic (exact) mass is 320 g/mol. The molecule has 1 aliphatic rings. The zero-order valence-electron chi connectivity index (χ0n) is 12.8. The molecule has 118 valence electrons. The molecule has 1 amide bonds. The number of nitrogens with one attached hydrogen (secondary N) is 2. The Bertz CT molecular complexity index is 648. The quantitative estimate of drug-likeness (QED) is 0.587. The molecule has 1 aliphatic carbocycles. The lowest BCUT2D eigenvalue weighted by Crippen LogP contribution is -2.47. The summed E-state index contributed by atoms with van der Waals surface area (Å²) in [5.41, 5.74) is -0.266. The minimum absolute atomic E-state index is 0.127.